The lowest BCUT2D eigenvalue weighted by Gasteiger charge is -1.91. The number of rotatable bonds is 4. The van der Waals surface area contributed by atoms with E-state index < -0.39 is 5.97 Å². The van der Waals surface area contributed by atoms with Crippen LogP contribution < -0.4 is 5.73 Å². The molecule has 0 unspecified atom stereocenters. The van der Waals surface area contributed by atoms with Gasteiger partial charge in [-0.15, -0.1) is 0 Å². The summed E-state index contributed by atoms with van der Waals surface area (Å²) in [6.45, 7) is 0. The second-order valence-electron chi connectivity index (χ2n) is 2.40. The average Bonchev–Trinajstić information content (AvgIpc) is 2.35. The number of carboxylic acid groups (broad SMARTS) is 1. The summed E-state index contributed by atoms with van der Waals surface area (Å²) in [5, 5.41) is 8.32. The molecule has 3 N–H and O–H groups in total. The summed E-state index contributed by atoms with van der Waals surface area (Å²) in [6.07, 6.45) is 2.58. The highest BCUT2D eigenvalue weighted by Gasteiger charge is 2.02. The molecule has 0 bridgehead atoms. The van der Waals surface area contributed by atoms with Crippen LogP contribution in [0.5, 0.6) is 0 Å². The van der Waals surface area contributed by atoms with Crippen LogP contribution in [0.25, 0.3) is 0 Å². The van der Waals surface area contributed by atoms with Gasteiger partial charge in [-0.1, -0.05) is 0 Å². The first-order valence-corrected chi connectivity index (χ1v) is 3.60. The predicted octanol–water partition coefficient (Wildman–Crippen LogP) is 0.664. The molecular formula is C7H10N2O3. The van der Waals surface area contributed by atoms with E-state index in [0.717, 1.165) is 0 Å². The fourth-order valence-corrected chi connectivity index (χ4v) is 0.831. The summed E-state index contributed by atoms with van der Waals surface area (Å²) in [5.41, 5.74) is 5.26. The number of aliphatic carboxylic acids is 1. The smallest absolute Gasteiger partial charge is 0.303 e. The molecule has 0 saturated carbocycles. The third-order valence-electron chi connectivity index (χ3n) is 1.35. The molecule has 1 aromatic heterocycles. The molecule has 5 heteroatoms. The van der Waals surface area contributed by atoms with E-state index in [0.29, 0.717) is 18.7 Å². The number of nitrogen functional groups attached to an aromatic ring is 1. The number of aryl methyl sites for hydroxylation is 1. The van der Waals surface area contributed by atoms with E-state index in [4.69, 9.17) is 15.3 Å². The van der Waals surface area contributed by atoms with Crippen molar-refractivity contribution in [2.45, 2.75) is 19.3 Å². The van der Waals surface area contributed by atoms with Crippen molar-refractivity contribution < 1.29 is 14.3 Å². The van der Waals surface area contributed by atoms with Gasteiger partial charge < -0.3 is 15.3 Å². The number of nitrogens with two attached hydrogens (primary N) is 1. The summed E-state index contributed by atoms with van der Waals surface area (Å²) < 4.78 is 4.94. The minimum atomic E-state index is -0.811. The summed E-state index contributed by atoms with van der Waals surface area (Å²) in [6, 6.07) is 0. The Bertz CT molecular complexity index is 269. The summed E-state index contributed by atoms with van der Waals surface area (Å²) in [5.74, 6) is -0.0522. The lowest BCUT2D eigenvalue weighted by Crippen LogP contribution is -1.95. The van der Waals surface area contributed by atoms with Gasteiger partial charge >= 0.3 is 5.97 Å². The van der Waals surface area contributed by atoms with Crippen LogP contribution >= 0.6 is 0 Å². The number of nitrogens with zero attached hydrogens (tertiary/aromatic N) is 1. The quantitative estimate of drug-likeness (QED) is 0.692. The molecule has 0 saturated heterocycles. The van der Waals surface area contributed by atoms with Crippen molar-refractivity contribution in [2.75, 3.05) is 5.73 Å². The van der Waals surface area contributed by atoms with Gasteiger partial charge in [0, 0.05) is 12.8 Å². The van der Waals surface area contributed by atoms with Crippen molar-refractivity contribution in [3.8, 4) is 0 Å². The minimum Gasteiger partial charge on any atom is -0.481 e. The van der Waals surface area contributed by atoms with E-state index in [2.05, 4.69) is 4.98 Å². The van der Waals surface area contributed by atoms with Crippen LogP contribution in [-0.4, -0.2) is 16.1 Å². The van der Waals surface area contributed by atoms with Crippen LogP contribution in [0.15, 0.2) is 10.6 Å². The minimum absolute atomic E-state index is 0.127. The number of anilines is 1. The van der Waals surface area contributed by atoms with Crippen molar-refractivity contribution in [3.63, 3.8) is 0 Å². The molecule has 0 amide bonds. The first-order valence-electron chi connectivity index (χ1n) is 3.60. The van der Waals surface area contributed by atoms with Gasteiger partial charge in [0.15, 0.2) is 5.89 Å². The molecule has 0 aliphatic carbocycles. The molecule has 0 aromatic carbocycles. The Kier molecular flexibility index (Phi) is 2.68. The van der Waals surface area contributed by atoms with Crippen LogP contribution in [0, 0.1) is 0 Å². The number of carbonyl (C=O) groups is 1. The Morgan fingerprint density at radius 1 is 1.75 bits per heavy atom. The maximum atomic E-state index is 10.1. The SMILES string of the molecule is Nc1cnc(CCCC(=O)O)o1. The zero-order chi connectivity index (χ0) is 8.97. The van der Waals surface area contributed by atoms with E-state index >= 15 is 0 Å². The first kappa shape index (κ1) is 8.58. The molecule has 1 rings (SSSR count). The lowest BCUT2D eigenvalue weighted by atomic mass is 10.2. The van der Waals surface area contributed by atoms with Gasteiger partial charge in [0.05, 0.1) is 6.20 Å². The monoisotopic (exact) mass is 170 g/mol. The summed E-state index contributed by atoms with van der Waals surface area (Å²) in [7, 11) is 0. The highest BCUT2D eigenvalue weighted by molar-refractivity contribution is 5.66. The lowest BCUT2D eigenvalue weighted by molar-refractivity contribution is -0.137. The van der Waals surface area contributed by atoms with Crippen molar-refractivity contribution >= 4 is 11.9 Å². The third kappa shape index (κ3) is 2.61. The van der Waals surface area contributed by atoms with Gasteiger partial charge in [-0.2, -0.15) is 0 Å². The van der Waals surface area contributed by atoms with Crippen LogP contribution in [0.2, 0.25) is 0 Å². The molecular weight excluding hydrogens is 160 g/mol. The first-order chi connectivity index (χ1) is 5.68. The van der Waals surface area contributed by atoms with Crippen LogP contribution in [0.1, 0.15) is 18.7 Å². The second kappa shape index (κ2) is 3.75. The largest absolute Gasteiger partial charge is 0.481 e. The normalized spacial score (nSPS) is 10.0. The summed E-state index contributed by atoms with van der Waals surface area (Å²) in [4.78, 5) is 13.9. The Labute approximate surface area is 69.2 Å². The number of hydrogen-bond donors (Lipinski definition) is 2. The van der Waals surface area contributed by atoms with Gasteiger partial charge in [-0.05, 0) is 6.42 Å². The Morgan fingerprint density at radius 3 is 3.00 bits per heavy atom. The molecule has 0 aliphatic heterocycles. The van der Waals surface area contributed by atoms with E-state index in [1.807, 2.05) is 0 Å². The Balaban J connectivity index is 2.29. The Hall–Kier alpha value is -1.52. The highest BCUT2D eigenvalue weighted by Crippen LogP contribution is 2.07. The van der Waals surface area contributed by atoms with E-state index in [9.17, 15) is 4.79 Å². The molecule has 1 aromatic rings. The van der Waals surface area contributed by atoms with Gasteiger partial charge in [0.25, 0.3) is 0 Å². The summed E-state index contributed by atoms with van der Waals surface area (Å²) >= 11 is 0. The molecule has 0 spiro atoms. The standard InChI is InChI=1S/C7H10N2O3/c8-5-4-9-6(12-5)2-1-3-7(10)11/h4H,1-3,8H2,(H,10,11). The van der Waals surface area contributed by atoms with Gasteiger partial charge in [0.2, 0.25) is 5.88 Å². The van der Waals surface area contributed by atoms with Crippen molar-refractivity contribution in [3.05, 3.63) is 12.1 Å². The zero-order valence-corrected chi connectivity index (χ0v) is 6.49. The molecule has 1 heterocycles. The fraction of sp³-hybridized carbons (Fsp3) is 0.429. The topological polar surface area (TPSA) is 89.3 Å². The number of aromatic nitrogens is 1. The van der Waals surface area contributed by atoms with Gasteiger partial charge in [-0.25, -0.2) is 4.98 Å². The van der Waals surface area contributed by atoms with Crippen molar-refractivity contribution in [1.82, 2.24) is 4.98 Å². The number of carboxylic acids is 1. The van der Waals surface area contributed by atoms with E-state index in [1.54, 1.807) is 0 Å². The average molecular weight is 170 g/mol. The van der Waals surface area contributed by atoms with Crippen molar-refractivity contribution in [1.29, 1.82) is 0 Å². The van der Waals surface area contributed by atoms with Gasteiger partial charge in [0.1, 0.15) is 0 Å². The number of hydrogen-bond acceptors (Lipinski definition) is 4. The van der Waals surface area contributed by atoms with E-state index in [1.165, 1.54) is 6.20 Å². The van der Waals surface area contributed by atoms with Gasteiger partial charge in [-0.3, -0.25) is 4.79 Å². The fourth-order valence-electron chi connectivity index (χ4n) is 0.831. The predicted molar refractivity (Wildman–Crippen MR) is 41.5 cm³/mol. The second-order valence-corrected chi connectivity index (χ2v) is 2.40. The van der Waals surface area contributed by atoms with Crippen LogP contribution in [0.3, 0.4) is 0 Å². The molecule has 66 valence electrons. The molecule has 12 heavy (non-hydrogen) atoms. The molecule has 0 fully saturated rings. The molecule has 0 atom stereocenters. The maximum absolute atomic E-state index is 10.1. The molecule has 0 aliphatic rings. The van der Waals surface area contributed by atoms with Crippen LogP contribution in [-0.2, 0) is 11.2 Å². The molecule has 5 nitrogen and oxygen atoms in total. The molecule has 0 radical (unpaired) electrons. The van der Waals surface area contributed by atoms with Crippen molar-refractivity contribution in [2.24, 2.45) is 0 Å². The zero-order valence-electron chi connectivity index (χ0n) is 6.49. The van der Waals surface area contributed by atoms with E-state index in [-0.39, 0.29) is 12.3 Å². The number of oxazole rings is 1. The van der Waals surface area contributed by atoms with Crippen LogP contribution in [0.4, 0.5) is 5.88 Å². The highest BCUT2D eigenvalue weighted by atomic mass is 16.4. The Morgan fingerprint density at radius 2 is 2.50 bits per heavy atom. The maximum Gasteiger partial charge on any atom is 0.303 e. The third-order valence-corrected chi connectivity index (χ3v) is 1.35.